The number of hydrogen-bond donors (Lipinski definition) is 1. The second-order valence-corrected chi connectivity index (χ2v) is 1.48. The van der Waals surface area contributed by atoms with Gasteiger partial charge in [-0.25, -0.2) is 4.79 Å². The second-order valence-electron chi connectivity index (χ2n) is 1.48. The molecule has 58 valence electrons. The van der Waals surface area contributed by atoms with Gasteiger partial charge in [0.15, 0.2) is 0 Å². The van der Waals surface area contributed by atoms with Crippen molar-refractivity contribution in [3.63, 3.8) is 0 Å². The Morgan fingerprint density at radius 3 is 2.80 bits per heavy atom. The molecule has 4 heteroatoms. The molecule has 0 amide bonds. The fourth-order valence-electron chi connectivity index (χ4n) is 0.350. The van der Waals surface area contributed by atoms with Crippen LogP contribution in [0.2, 0.25) is 0 Å². The standard InChI is InChI=1S/C6H10O4/c1-2-9-3-4-10-5-6(7)8/h2H,1,3-5H2,(H,7,8). The minimum atomic E-state index is -0.974. The van der Waals surface area contributed by atoms with E-state index in [1.165, 1.54) is 6.26 Å². The first-order valence-electron chi connectivity index (χ1n) is 2.79. The Balaban J connectivity index is 2.90. The van der Waals surface area contributed by atoms with E-state index in [2.05, 4.69) is 16.1 Å². The molecule has 0 aromatic heterocycles. The Kier molecular flexibility index (Phi) is 5.47. The number of rotatable bonds is 6. The van der Waals surface area contributed by atoms with Crippen molar-refractivity contribution in [2.75, 3.05) is 19.8 Å². The van der Waals surface area contributed by atoms with Crippen molar-refractivity contribution < 1.29 is 19.4 Å². The minimum absolute atomic E-state index is 0.276. The van der Waals surface area contributed by atoms with Gasteiger partial charge in [0, 0.05) is 0 Å². The summed E-state index contributed by atoms with van der Waals surface area (Å²) in [6.07, 6.45) is 1.28. The van der Waals surface area contributed by atoms with E-state index in [4.69, 9.17) is 5.11 Å². The van der Waals surface area contributed by atoms with Gasteiger partial charge in [-0.15, -0.1) is 0 Å². The Hall–Kier alpha value is -1.03. The van der Waals surface area contributed by atoms with Crippen LogP contribution in [0.4, 0.5) is 0 Å². The zero-order chi connectivity index (χ0) is 7.82. The third kappa shape index (κ3) is 6.97. The number of ether oxygens (including phenoxy) is 2. The van der Waals surface area contributed by atoms with E-state index < -0.39 is 5.97 Å². The molecule has 0 rings (SSSR count). The Morgan fingerprint density at radius 1 is 1.60 bits per heavy atom. The summed E-state index contributed by atoms with van der Waals surface area (Å²) >= 11 is 0. The van der Waals surface area contributed by atoms with Crippen molar-refractivity contribution in [3.05, 3.63) is 12.8 Å². The van der Waals surface area contributed by atoms with Gasteiger partial charge < -0.3 is 14.6 Å². The van der Waals surface area contributed by atoms with Crippen molar-refractivity contribution in [2.45, 2.75) is 0 Å². The number of carboxylic acid groups (broad SMARTS) is 1. The molecule has 0 atom stereocenters. The predicted octanol–water partition coefficient (Wildman–Crippen LogP) is 0.248. The molecule has 0 spiro atoms. The zero-order valence-electron chi connectivity index (χ0n) is 5.58. The van der Waals surface area contributed by atoms with Crippen LogP contribution in [0.1, 0.15) is 0 Å². The second kappa shape index (κ2) is 6.10. The molecule has 0 aliphatic heterocycles. The van der Waals surface area contributed by atoms with Crippen molar-refractivity contribution in [2.24, 2.45) is 0 Å². The number of carbonyl (C=O) groups is 1. The van der Waals surface area contributed by atoms with Crippen LogP contribution in [0.15, 0.2) is 12.8 Å². The highest BCUT2D eigenvalue weighted by atomic mass is 16.5. The van der Waals surface area contributed by atoms with E-state index in [9.17, 15) is 4.79 Å². The van der Waals surface area contributed by atoms with Crippen LogP contribution in [0, 0.1) is 0 Å². The van der Waals surface area contributed by atoms with Gasteiger partial charge in [0.1, 0.15) is 13.2 Å². The monoisotopic (exact) mass is 146 g/mol. The van der Waals surface area contributed by atoms with E-state index in [1.54, 1.807) is 0 Å². The fourth-order valence-corrected chi connectivity index (χ4v) is 0.350. The maximum Gasteiger partial charge on any atom is 0.329 e. The molecule has 0 radical (unpaired) electrons. The first kappa shape index (κ1) is 8.97. The van der Waals surface area contributed by atoms with Crippen LogP contribution < -0.4 is 0 Å². The summed E-state index contributed by atoms with van der Waals surface area (Å²) in [6, 6.07) is 0. The molecular formula is C6H10O4. The Labute approximate surface area is 59.1 Å². The molecule has 10 heavy (non-hydrogen) atoms. The number of aliphatic carboxylic acids is 1. The van der Waals surface area contributed by atoms with Gasteiger partial charge in [0.25, 0.3) is 0 Å². The average molecular weight is 146 g/mol. The number of carboxylic acids is 1. The van der Waals surface area contributed by atoms with Gasteiger partial charge in [0.05, 0.1) is 12.9 Å². The smallest absolute Gasteiger partial charge is 0.329 e. The quantitative estimate of drug-likeness (QED) is 0.431. The van der Waals surface area contributed by atoms with Gasteiger partial charge in [-0.3, -0.25) is 0 Å². The molecule has 0 heterocycles. The maximum atomic E-state index is 9.85. The Bertz CT molecular complexity index is 110. The van der Waals surface area contributed by atoms with Crippen molar-refractivity contribution in [3.8, 4) is 0 Å². The summed E-state index contributed by atoms with van der Waals surface area (Å²) in [5, 5.41) is 8.08. The van der Waals surface area contributed by atoms with Gasteiger partial charge in [-0.05, 0) is 0 Å². The molecule has 0 fully saturated rings. The summed E-state index contributed by atoms with van der Waals surface area (Å²) in [5.74, 6) is -0.974. The van der Waals surface area contributed by atoms with Crippen molar-refractivity contribution in [1.82, 2.24) is 0 Å². The summed E-state index contributed by atoms with van der Waals surface area (Å²) in [7, 11) is 0. The third-order valence-corrected chi connectivity index (χ3v) is 0.689. The third-order valence-electron chi connectivity index (χ3n) is 0.689. The summed E-state index contributed by atoms with van der Waals surface area (Å²) < 4.78 is 9.29. The van der Waals surface area contributed by atoms with Crippen molar-refractivity contribution >= 4 is 5.97 Å². The van der Waals surface area contributed by atoms with Crippen LogP contribution >= 0.6 is 0 Å². The molecule has 0 aromatic carbocycles. The topological polar surface area (TPSA) is 55.8 Å². The SMILES string of the molecule is C=COCCOCC(=O)O. The van der Waals surface area contributed by atoms with Crippen LogP contribution in [0.5, 0.6) is 0 Å². The molecule has 0 unspecified atom stereocenters. The molecule has 4 nitrogen and oxygen atoms in total. The fraction of sp³-hybridized carbons (Fsp3) is 0.500. The lowest BCUT2D eigenvalue weighted by Crippen LogP contribution is -2.10. The van der Waals surface area contributed by atoms with Gasteiger partial charge in [-0.1, -0.05) is 6.58 Å². The van der Waals surface area contributed by atoms with Crippen molar-refractivity contribution in [1.29, 1.82) is 0 Å². The van der Waals surface area contributed by atoms with E-state index >= 15 is 0 Å². The lowest BCUT2D eigenvalue weighted by Gasteiger charge is -1.99. The van der Waals surface area contributed by atoms with E-state index in [-0.39, 0.29) is 13.2 Å². The zero-order valence-corrected chi connectivity index (χ0v) is 5.58. The highest BCUT2D eigenvalue weighted by Gasteiger charge is 1.93. The normalized spacial score (nSPS) is 8.80. The lowest BCUT2D eigenvalue weighted by molar-refractivity contribution is -0.142. The molecule has 0 saturated heterocycles. The van der Waals surface area contributed by atoms with E-state index in [1.807, 2.05) is 0 Å². The number of hydrogen-bond acceptors (Lipinski definition) is 3. The van der Waals surface area contributed by atoms with Crippen LogP contribution in [-0.2, 0) is 14.3 Å². The predicted molar refractivity (Wildman–Crippen MR) is 34.6 cm³/mol. The van der Waals surface area contributed by atoms with Crippen LogP contribution in [0.25, 0.3) is 0 Å². The highest BCUT2D eigenvalue weighted by molar-refractivity contribution is 5.67. The molecule has 0 aliphatic rings. The lowest BCUT2D eigenvalue weighted by atomic mass is 10.7. The molecule has 0 aromatic rings. The van der Waals surface area contributed by atoms with Gasteiger partial charge >= 0.3 is 5.97 Å². The van der Waals surface area contributed by atoms with Gasteiger partial charge in [-0.2, -0.15) is 0 Å². The average Bonchev–Trinajstić information content (AvgIpc) is 1.87. The summed E-state index contributed by atoms with van der Waals surface area (Å²) in [6.45, 7) is 3.64. The largest absolute Gasteiger partial charge is 0.499 e. The van der Waals surface area contributed by atoms with Gasteiger partial charge in [0.2, 0.25) is 0 Å². The first-order valence-corrected chi connectivity index (χ1v) is 2.79. The molecule has 0 aliphatic carbocycles. The van der Waals surface area contributed by atoms with Crippen LogP contribution in [-0.4, -0.2) is 30.9 Å². The molecule has 1 N–H and O–H groups in total. The summed E-state index contributed by atoms with van der Waals surface area (Å²) in [4.78, 5) is 9.85. The van der Waals surface area contributed by atoms with Crippen LogP contribution in [0.3, 0.4) is 0 Å². The first-order chi connectivity index (χ1) is 4.77. The highest BCUT2D eigenvalue weighted by Crippen LogP contribution is 1.77. The molecular weight excluding hydrogens is 136 g/mol. The molecule has 0 saturated carbocycles. The van der Waals surface area contributed by atoms with E-state index in [0.29, 0.717) is 6.61 Å². The summed E-state index contributed by atoms with van der Waals surface area (Å²) in [5.41, 5.74) is 0. The molecule has 0 bridgehead atoms. The maximum absolute atomic E-state index is 9.85. The Morgan fingerprint density at radius 2 is 2.30 bits per heavy atom. The minimum Gasteiger partial charge on any atom is -0.499 e. The van der Waals surface area contributed by atoms with E-state index in [0.717, 1.165) is 0 Å².